The summed E-state index contributed by atoms with van der Waals surface area (Å²) in [5, 5.41) is 4.16. The fourth-order valence-electron chi connectivity index (χ4n) is 5.53. The van der Waals surface area contributed by atoms with Crippen LogP contribution in [0.2, 0.25) is 0 Å². The van der Waals surface area contributed by atoms with Crippen molar-refractivity contribution in [3.8, 4) is 23.0 Å². The number of alkyl halides is 3. The van der Waals surface area contributed by atoms with Gasteiger partial charge in [0.05, 0.1) is 58.3 Å². The average Bonchev–Trinajstić information content (AvgIpc) is 3.00. The summed E-state index contributed by atoms with van der Waals surface area (Å²) in [5.74, 6) is 0.440. The Labute approximate surface area is 241 Å². The van der Waals surface area contributed by atoms with Crippen molar-refractivity contribution in [2.45, 2.75) is 44.0 Å². The van der Waals surface area contributed by atoms with E-state index in [1.165, 1.54) is 12.1 Å². The van der Waals surface area contributed by atoms with Gasteiger partial charge < -0.3 is 19.4 Å². The molecule has 1 aliphatic heterocycles. The van der Waals surface area contributed by atoms with Crippen LogP contribution < -0.4 is 15.4 Å². The lowest BCUT2D eigenvalue weighted by molar-refractivity contribution is -0.137. The number of ether oxygens (including phenoxy) is 2. The Kier molecular flexibility index (Phi) is 7.55. The molecular formula is C32H30F3N5O2. The number of nitrogens with zero attached hydrogens (tertiary/aromatic N) is 4. The molecule has 3 aliphatic rings. The second-order valence-corrected chi connectivity index (χ2v) is 10.3. The van der Waals surface area contributed by atoms with Gasteiger partial charge in [0.25, 0.3) is 0 Å². The number of nitrogens with one attached hydrogen (secondary N) is 1. The number of hydrogen-bond acceptors (Lipinski definition) is 6. The Morgan fingerprint density at radius 3 is 2.38 bits per heavy atom. The Morgan fingerprint density at radius 2 is 1.67 bits per heavy atom. The number of halogens is 3. The van der Waals surface area contributed by atoms with E-state index in [0.29, 0.717) is 33.8 Å². The largest absolute Gasteiger partial charge is 0.480 e. The molecule has 1 fully saturated rings. The molecule has 1 saturated carbocycles. The summed E-state index contributed by atoms with van der Waals surface area (Å²) in [5.41, 5.74) is 4.15. The van der Waals surface area contributed by atoms with Crippen LogP contribution in [0.25, 0.3) is 28.1 Å². The average molecular weight is 574 g/mol. The smallest absolute Gasteiger partial charge is 0.416 e. The van der Waals surface area contributed by atoms with E-state index in [1.54, 1.807) is 20.4 Å². The number of para-hydroxylation sites is 2. The summed E-state index contributed by atoms with van der Waals surface area (Å²) in [6, 6.07) is 20.4. The van der Waals surface area contributed by atoms with Crippen LogP contribution in [0.15, 0.2) is 84.0 Å². The third kappa shape index (κ3) is 5.54. The van der Waals surface area contributed by atoms with Crippen LogP contribution >= 0.6 is 0 Å². The maximum absolute atomic E-state index is 13.4. The number of hydrogen-bond donors (Lipinski definition) is 1. The monoisotopic (exact) mass is 573 g/mol. The highest BCUT2D eigenvalue weighted by molar-refractivity contribution is 5.84. The third-order valence-electron chi connectivity index (χ3n) is 7.68. The highest BCUT2D eigenvalue weighted by atomic mass is 19.4. The summed E-state index contributed by atoms with van der Waals surface area (Å²) in [7, 11) is 3.31. The first-order chi connectivity index (χ1) is 20.3. The lowest BCUT2D eigenvalue weighted by Crippen LogP contribution is -2.25. The molecule has 1 aromatic heterocycles. The zero-order valence-electron chi connectivity index (χ0n) is 23.2. The fraction of sp³-hybridized carbons (Fsp3) is 0.281. The van der Waals surface area contributed by atoms with Crippen LogP contribution in [-0.4, -0.2) is 40.9 Å². The summed E-state index contributed by atoms with van der Waals surface area (Å²) < 4.78 is 53.1. The molecule has 0 amide bonds. The molecule has 216 valence electrons. The van der Waals surface area contributed by atoms with E-state index in [9.17, 15) is 13.2 Å². The zero-order valence-corrected chi connectivity index (χ0v) is 23.2. The first-order valence-electron chi connectivity index (χ1n) is 13.8. The van der Waals surface area contributed by atoms with Crippen molar-refractivity contribution in [2.75, 3.05) is 19.5 Å². The van der Waals surface area contributed by atoms with Crippen LogP contribution in [0.1, 0.15) is 31.2 Å². The van der Waals surface area contributed by atoms with Gasteiger partial charge in [0.1, 0.15) is 5.69 Å². The second-order valence-electron chi connectivity index (χ2n) is 10.3. The predicted molar refractivity (Wildman–Crippen MR) is 155 cm³/mol. The Morgan fingerprint density at radius 1 is 0.905 bits per heavy atom. The quantitative estimate of drug-likeness (QED) is 0.218. The summed E-state index contributed by atoms with van der Waals surface area (Å²) in [6.45, 7) is 0. The molecule has 0 bridgehead atoms. The minimum atomic E-state index is -4.42. The Bertz CT molecular complexity index is 1740. The first kappa shape index (κ1) is 27.7. The standard InChI is InChI=1S/C32H30F3N5O2/c1-41-23-15-11-21(12-16-23)37-27-19-30-28(18-26(27)39-25-7-5-17-36-31(25)42-2)38-24-6-3-4-8-29(24)40(30)22-13-9-20(10-14-22)32(33,34)35/h3-10,13-14,17-19,21,23,39H,11-12,15-16H2,1-2H3/b37-27+. The van der Waals surface area contributed by atoms with E-state index in [-0.39, 0.29) is 12.1 Å². The topological polar surface area (TPSA) is 73.6 Å². The molecule has 3 aromatic rings. The van der Waals surface area contributed by atoms with Gasteiger partial charge in [0, 0.05) is 19.0 Å². The maximum Gasteiger partial charge on any atom is 0.416 e. The van der Waals surface area contributed by atoms with Crippen LogP contribution in [0.5, 0.6) is 5.88 Å². The number of aromatic nitrogens is 3. The molecule has 1 N–H and O–H groups in total. The maximum atomic E-state index is 13.4. The normalized spacial score (nSPS) is 18.0. The molecule has 10 heteroatoms. The summed E-state index contributed by atoms with van der Waals surface area (Å²) >= 11 is 0. The van der Waals surface area contributed by atoms with Gasteiger partial charge in [-0.15, -0.1) is 0 Å². The summed E-state index contributed by atoms with van der Waals surface area (Å²) in [6.07, 6.45) is 1.10. The van der Waals surface area contributed by atoms with Crippen molar-refractivity contribution >= 4 is 22.4 Å². The van der Waals surface area contributed by atoms with Crippen molar-refractivity contribution in [1.82, 2.24) is 14.5 Å². The van der Waals surface area contributed by atoms with E-state index in [4.69, 9.17) is 19.5 Å². The number of rotatable bonds is 6. The van der Waals surface area contributed by atoms with E-state index in [2.05, 4.69) is 10.3 Å². The highest BCUT2D eigenvalue weighted by Gasteiger charge is 2.30. The fourth-order valence-corrected chi connectivity index (χ4v) is 5.53. The van der Waals surface area contributed by atoms with E-state index in [1.807, 2.05) is 53.1 Å². The van der Waals surface area contributed by atoms with Gasteiger partial charge >= 0.3 is 6.18 Å². The number of methoxy groups -OCH3 is 2. The van der Waals surface area contributed by atoms with Crippen LogP contribution in [0.4, 0.5) is 24.5 Å². The van der Waals surface area contributed by atoms with Crippen molar-refractivity contribution < 1.29 is 22.6 Å². The molecule has 2 aromatic carbocycles. The van der Waals surface area contributed by atoms with Gasteiger partial charge in [-0.3, -0.25) is 4.99 Å². The van der Waals surface area contributed by atoms with Crippen molar-refractivity contribution in [1.29, 1.82) is 0 Å². The van der Waals surface area contributed by atoms with E-state index in [0.717, 1.165) is 54.7 Å². The molecule has 2 heterocycles. The SMILES string of the molecule is COc1ncccc1Nc1cc2nc3ccccc3n(-c3ccc(C(F)(F)F)cc3)c-2c/c1=N\C1CCC(OC)CC1. The van der Waals surface area contributed by atoms with E-state index < -0.39 is 11.7 Å². The third-order valence-corrected chi connectivity index (χ3v) is 7.68. The lowest BCUT2D eigenvalue weighted by Gasteiger charge is -2.25. The van der Waals surface area contributed by atoms with Crippen LogP contribution in [0, 0.1) is 0 Å². The zero-order chi connectivity index (χ0) is 29.3. The molecule has 0 saturated heterocycles. The molecule has 7 nitrogen and oxygen atoms in total. The molecular weight excluding hydrogens is 543 g/mol. The molecule has 2 aliphatic carbocycles. The lowest BCUT2D eigenvalue weighted by atomic mass is 9.93. The molecule has 6 rings (SSSR count). The Balaban J connectivity index is 1.57. The molecule has 42 heavy (non-hydrogen) atoms. The summed E-state index contributed by atoms with van der Waals surface area (Å²) in [4.78, 5) is 14.4. The minimum absolute atomic E-state index is 0.0955. The minimum Gasteiger partial charge on any atom is -0.480 e. The van der Waals surface area contributed by atoms with E-state index >= 15 is 0 Å². The molecule has 0 spiro atoms. The number of anilines is 2. The van der Waals surface area contributed by atoms with Gasteiger partial charge in [0.15, 0.2) is 0 Å². The number of pyridine rings is 1. The Hall–Kier alpha value is -4.44. The van der Waals surface area contributed by atoms with Crippen molar-refractivity contribution in [3.63, 3.8) is 0 Å². The molecule has 0 unspecified atom stereocenters. The van der Waals surface area contributed by atoms with Crippen LogP contribution in [0.3, 0.4) is 0 Å². The number of benzene rings is 3. The highest BCUT2D eigenvalue weighted by Crippen LogP contribution is 2.34. The second kappa shape index (κ2) is 11.4. The predicted octanol–water partition coefficient (Wildman–Crippen LogP) is 7.15. The molecule has 0 radical (unpaired) electrons. The van der Waals surface area contributed by atoms with Gasteiger partial charge in [0.2, 0.25) is 5.88 Å². The van der Waals surface area contributed by atoms with Gasteiger partial charge in [-0.25, -0.2) is 9.97 Å². The molecule has 0 atom stereocenters. The van der Waals surface area contributed by atoms with Gasteiger partial charge in [-0.05, 0) is 86.3 Å². The van der Waals surface area contributed by atoms with Crippen LogP contribution in [-0.2, 0) is 10.9 Å². The van der Waals surface area contributed by atoms with Gasteiger partial charge in [-0.2, -0.15) is 13.2 Å². The first-order valence-corrected chi connectivity index (χ1v) is 13.8. The van der Waals surface area contributed by atoms with Crippen molar-refractivity contribution in [2.24, 2.45) is 4.99 Å². The van der Waals surface area contributed by atoms with Gasteiger partial charge in [-0.1, -0.05) is 12.1 Å². The van der Waals surface area contributed by atoms with Crippen molar-refractivity contribution in [3.05, 3.63) is 89.9 Å². The number of fused-ring (bicyclic) bond motifs is 2.